The lowest BCUT2D eigenvalue weighted by Gasteiger charge is -2.08. The molecule has 1 heterocycles. The van der Waals surface area contributed by atoms with E-state index in [-0.39, 0.29) is 11.7 Å². The number of nitrogens with zero attached hydrogens (tertiary/aromatic N) is 2. The summed E-state index contributed by atoms with van der Waals surface area (Å²) in [7, 11) is 1.60. The van der Waals surface area contributed by atoms with Gasteiger partial charge in [-0.3, -0.25) is 4.79 Å². The quantitative estimate of drug-likeness (QED) is 0.628. The van der Waals surface area contributed by atoms with E-state index < -0.39 is 0 Å². The molecule has 1 amide bonds. The highest BCUT2D eigenvalue weighted by atomic mass is 35.5. The van der Waals surface area contributed by atoms with Gasteiger partial charge in [0.2, 0.25) is 11.1 Å². The zero-order chi connectivity index (χ0) is 18.5. The van der Waals surface area contributed by atoms with Crippen molar-refractivity contribution in [1.29, 1.82) is 0 Å². The van der Waals surface area contributed by atoms with Gasteiger partial charge < -0.3 is 14.6 Å². The maximum Gasteiger partial charge on any atom is 0.258 e. The fourth-order valence-electron chi connectivity index (χ4n) is 2.18. The Labute approximate surface area is 159 Å². The number of rotatable bonds is 6. The fraction of sp³-hybridized carbons (Fsp3) is 0.167. The Morgan fingerprint density at radius 3 is 2.77 bits per heavy atom. The topological polar surface area (TPSA) is 77.2 Å². The van der Waals surface area contributed by atoms with E-state index in [1.165, 1.54) is 11.8 Å². The van der Waals surface area contributed by atoms with Gasteiger partial charge in [0.15, 0.2) is 0 Å². The van der Waals surface area contributed by atoms with Crippen molar-refractivity contribution in [1.82, 2.24) is 10.1 Å². The summed E-state index contributed by atoms with van der Waals surface area (Å²) in [6.45, 7) is 1.85. The number of aromatic nitrogens is 2. The molecule has 0 saturated carbocycles. The fourth-order valence-corrected chi connectivity index (χ4v) is 2.92. The third kappa shape index (κ3) is 4.36. The molecule has 1 aromatic heterocycles. The number of amides is 1. The molecule has 134 valence electrons. The van der Waals surface area contributed by atoms with Gasteiger partial charge in [-0.1, -0.05) is 29.4 Å². The van der Waals surface area contributed by atoms with Crippen LogP contribution in [0.15, 0.2) is 52.1 Å². The number of anilines is 1. The van der Waals surface area contributed by atoms with Crippen LogP contribution in [0, 0.1) is 6.92 Å². The Morgan fingerprint density at radius 1 is 1.27 bits per heavy atom. The van der Waals surface area contributed by atoms with Gasteiger partial charge in [0, 0.05) is 16.3 Å². The van der Waals surface area contributed by atoms with Gasteiger partial charge in [-0.2, -0.15) is 4.98 Å². The minimum absolute atomic E-state index is 0.160. The second kappa shape index (κ2) is 8.25. The summed E-state index contributed by atoms with van der Waals surface area (Å²) in [4.78, 5) is 16.4. The van der Waals surface area contributed by atoms with Crippen LogP contribution in [-0.4, -0.2) is 28.9 Å². The Hall–Kier alpha value is -2.51. The minimum Gasteiger partial charge on any atom is -0.497 e. The van der Waals surface area contributed by atoms with Crippen LogP contribution in [0.25, 0.3) is 11.5 Å². The molecular weight excluding hydrogens is 374 g/mol. The number of carbonyl (C=O) groups is 1. The first kappa shape index (κ1) is 18.3. The van der Waals surface area contributed by atoms with E-state index in [1.807, 2.05) is 31.2 Å². The molecule has 2 aromatic carbocycles. The summed E-state index contributed by atoms with van der Waals surface area (Å²) in [5, 5.41) is 7.72. The van der Waals surface area contributed by atoms with Crippen molar-refractivity contribution in [2.45, 2.75) is 12.1 Å². The molecule has 0 aliphatic rings. The summed E-state index contributed by atoms with van der Waals surface area (Å²) in [6, 6.07) is 12.7. The Morgan fingerprint density at radius 2 is 2.04 bits per heavy atom. The number of ether oxygens (including phenoxy) is 1. The van der Waals surface area contributed by atoms with Crippen LogP contribution in [0.2, 0.25) is 5.02 Å². The molecule has 8 heteroatoms. The van der Waals surface area contributed by atoms with Gasteiger partial charge in [0.05, 0.1) is 12.9 Å². The number of halogens is 1. The number of nitrogens with one attached hydrogen (secondary N) is 1. The molecule has 0 radical (unpaired) electrons. The van der Waals surface area contributed by atoms with Crippen LogP contribution in [0.4, 0.5) is 5.69 Å². The van der Waals surface area contributed by atoms with Gasteiger partial charge in [0.1, 0.15) is 5.75 Å². The number of carbonyl (C=O) groups excluding carboxylic acids is 1. The lowest BCUT2D eigenvalue weighted by Crippen LogP contribution is -2.15. The van der Waals surface area contributed by atoms with Gasteiger partial charge in [-0.15, -0.1) is 0 Å². The summed E-state index contributed by atoms with van der Waals surface area (Å²) in [6.07, 6.45) is 0. The SMILES string of the molecule is COc1ccc(-c2nc(SCC(=O)Nc3cccc(Cl)c3C)no2)cc1. The second-order valence-electron chi connectivity index (χ2n) is 5.36. The number of hydrogen-bond acceptors (Lipinski definition) is 6. The largest absolute Gasteiger partial charge is 0.497 e. The molecule has 0 fully saturated rings. The maximum absolute atomic E-state index is 12.1. The van der Waals surface area contributed by atoms with Crippen LogP contribution in [0.5, 0.6) is 5.75 Å². The molecule has 0 spiro atoms. The van der Waals surface area contributed by atoms with E-state index >= 15 is 0 Å². The molecule has 0 unspecified atom stereocenters. The van der Waals surface area contributed by atoms with E-state index in [1.54, 1.807) is 25.3 Å². The summed E-state index contributed by atoms with van der Waals surface area (Å²) in [5.74, 6) is 1.13. The third-order valence-electron chi connectivity index (χ3n) is 3.62. The summed E-state index contributed by atoms with van der Waals surface area (Å²) < 4.78 is 10.4. The third-order valence-corrected chi connectivity index (χ3v) is 4.86. The second-order valence-corrected chi connectivity index (χ2v) is 6.71. The van der Waals surface area contributed by atoms with Gasteiger partial charge in [-0.05, 0) is 54.0 Å². The summed E-state index contributed by atoms with van der Waals surface area (Å²) in [5.41, 5.74) is 2.30. The van der Waals surface area contributed by atoms with Crippen molar-refractivity contribution in [3.8, 4) is 17.2 Å². The molecule has 0 atom stereocenters. The summed E-state index contributed by atoms with van der Waals surface area (Å²) >= 11 is 7.25. The van der Waals surface area contributed by atoms with Crippen LogP contribution in [0.1, 0.15) is 5.56 Å². The van der Waals surface area contributed by atoms with Crippen molar-refractivity contribution in [3.63, 3.8) is 0 Å². The standard InChI is InChI=1S/C18H16ClN3O3S/c1-11-14(19)4-3-5-15(11)20-16(23)10-26-18-21-17(25-22-18)12-6-8-13(24-2)9-7-12/h3-9H,10H2,1-2H3,(H,20,23). The predicted molar refractivity (Wildman–Crippen MR) is 102 cm³/mol. The van der Waals surface area contributed by atoms with Crippen molar-refractivity contribution < 1.29 is 14.1 Å². The van der Waals surface area contributed by atoms with Crippen molar-refractivity contribution in [2.75, 3.05) is 18.2 Å². The molecule has 26 heavy (non-hydrogen) atoms. The number of hydrogen-bond donors (Lipinski definition) is 1. The molecule has 3 aromatic rings. The van der Waals surface area contributed by atoms with Crippen molar-refractivity contribution in [2.24, 2.45) is 0 Å². The van der Waals surface area contributed by atoms with Crippen LogP contribution in [0.3, 0.4) is 0 Å². The number of methoxy groups -OCH3 is 1. The monoisotopic (exact) mass is 389 g/mol. The van der Waals surface area contributed by atoms with E-state index in [0.717, 1.165) is 16.9 Å². The molecule has 0 aliphatic carbocycles. The zero-order valence-corrected chi connectivity index (χ0v) is 15.7. The average Bonchev–Trinajstić information content (AvgIpc) is 3.13. The highest BCUT2D eigenvalue weighted by molar-refractivity contribution is 7.99. The molecule has 3 rings (SSSR count). The molecular formula is C18H16ClN3O3S. The Kier molecular flexibility index (Phi) is 5.80. The maximum atomic E-state index is 12.1. The highest BCUT2D eigenvalue weighted by Gasteiger charge is 2.12. The molecule has 1 N–H and O–H groups in total. The molecule has 6 nitrogen and oxygen atoms in total. The van der Waals surface area contributed by atoms with Crippen molar-refractivity contribution >= 4 is 35.0 Å². The number of thioether (sulfide) groups is 1. The van der Waals surface area contributed by atoms with E-state index in [2.05, 4.69) is 15.5 Å². The normalized spacial score (nSPS) is 10.6. The van der Waals surface area contributed by atoms with E-state index in [9.17, 15) is 4.79 Å². The predicted octanol–water partition coefficient (Wildman–Crippen LogP) is 4.44. The van der Waals surface area contributed by atoms with Crippen LogP contribution in [-0.2, 0) is 4.79 Å². The van der Waals surface area contributed by atoms with Crippen molar-refractivity contribution in [3.05, 3.63) is 53.1 Å². The first-order chi connectivity index (χ1) is 12.6. The lowest BCUT2D eigenvalue weighted by molar-refractivity contribution is -0.113. The van der Waals surface area contributed by atoms with E-state index in [0.29, 0.717) is 21.8 Å². The molecule has 0 saturated heterocycles. The average molecular weight is 390 g/mol. The first-order valence-corrected chi connectivity index (χ1v) is 9.09. The highest BCUT2D eigenvalue weighted by Crippen LogP contribution is 2.25. The van der Waals surface area contributed by atoms with Crippen LogP contribution < -0.4 is 10.1 Å². The zero-order valence-electron chi connectivity index (χ0n) is 14.2. The van der Waals surface area contributed by atoms with E-state index in [4.69, 9.17) is 20.9 Å². The van der Waals surface area contributed by atoms with Gasteiger partial charge in [0.25, 0.3) is 5.89 Å². The van der Waals surface area contributed by atoms with Crippen LogP contribution >= 0.6 is 23.4 Å². The Balaban J connectivity index is 1.59. The number of benzene rings is 2. The first-order valence-electron chi connectivity index (χ1n) is 7.72. The molecule has 0 aliphatic heterocycles. The Bertz CT molecular complexity index is 912. The molecule has 0 bridgehead atoms. The van der Waals surface area contributed by atoms with Gasteiger partial charge >= 0.3 is 0 Å². The van der Waals surface area contributed by atoms with Gasteiger partial charge in [-0.25, -0.2) is 0 Å². The lowest BCUT2D eigenvalue weighted by atomic mass is 10.2. The smallest absolute Gasteiger partial charge is 0.258 e. The minimum atomic E-state index is -0.170.